The predicted molar refractivity (Wildman–Crippen MR) is 75.7 cm³/mol. The molecule has 1 atom stereocenters. The van der Waals surface area contributed by atoms with Gasteiger partial charge in [0.05, 0.1) is 0 Å². The Morgan fingerprint density at radius 3 is 1.95 bits per heavy atom. The highest BCUT2D eigenvalue weighted by atomic mass is 19.2. The van der Waals surface area contributed by atoms with Gasteiger partial charge in [-0.3, -0.25) is 0 Å². The molecule has 0 spiro atoms. The zero-order valence-corrected chi connectivity index (χ0v) is 11.8. The Bertz CT molecular complexity index is 603. The number of hydrogen-bond donors (Lipinski definition) is 1. The quantitative estimate of drug-likeness (QED) is 0.876. The number of rotatable bonds is 3. The molecule has 0 heterocycles. The number of aliphatic hydroxyl groups is 1. The van der Waals surface area contributed by atoms with Crippen LogP contribution in [0.1, 0.15) is 48.1 Å². The lowest BCUT2D eigenvalue weighted by Gasteiger charge is -2.15. The van der Waals surface area contributed by atoms with E-state index in [9.17, 15) is 13.9 Å². The molecule has 0 fully saturated rings. The Balaban J connectivity index is 2.36. The first-order chi connectivity index (χ1) is 9.41. The van der Waals surface area contributed by atoms with Crippen molar-refractivity contribution >= 4 is 0 Å². The van der Waals surface area contributed by atoms with Gasteiger partial charge in [0, 0.05) is 5.56 Å². The van der Waals surface area contributed by atoms with Crippen LogP contribution in [-0.4, -0.2) is 5.11 Å². The standard InChI is InChI=1S/C17H18F2O/c1-10(2)12-5-7-13(8-6-12)17(20)14-9-4-11(3)15(18)16(14)19/h4-10,17,20H,1-3H3. The van der Waals surface area contributed by atoms with E-state index in [1.54, 1.807) is 12.1 Å². The Morgan fingerprint density at radius 1 is 0.850 bits per heavy atom. The average molecular weight is 276 g/mol. The van der Waals surface area contributed by atoms with Crippen LogP contribution in [0.4, 0.5) is 8.78 Å². The lowest BCUT2D eigenvalue weighted by molar-refractivity contribution is 0.213. The first-order valence-electron chi connectivity index (χ1n) is 6.64. The summed E-state index contributed by atoms with van der Waals surface area (Å²) in [5, 5.41) is 10.2. The highest BCUT2D eigenvalue weighted by Gasteiger charge is 2.19. The normalized spacial score (nSPS) is 12.8. The number of halogens is 2. The van der Waals surface area contributed by atoms with E-state index in [-0.39, 0.29) is 11.1 Å². The summed E-state index contributed by atoms with van der Waals surface area (Å²) >= 11 is 0. The van der Waals surface area contributed by atoms with E-state index in [4.69, 9.17) is 0 Å². The van der Waals surface area contributed by atoms with Crippen LogP contribution in [0.3, 0.4) is 0 Å². The van der Waals surface area contributed by atoms with Crippen molar-refractivity contribution in [2.75, 3.05) is 0 Å². The van der Waals surface area contributed by atoms with Crippen molar-refractivity contribution < 1.29 is 13.9 Å². The molecule has 0 saturated carbocycles. The number of aryl methyl sites for hydroxylation is 1. The zero-order valence-electron chi connectivity index (χ0n) is 11.8. The van der Waals surface area contributed by atoms with Gasteiger partial charge in [-0.05, 0) is 29.5 Å². The lowest BCUT2D eigenvalue weighted by Crippen LogP contribution is -2.05. The van der Waals surface area contributed by atoms with Crippen LogP contribution in [0.5, 0.6) is 0 Å². The van der Waals surface area contributed by atoms with Crippen molar-refractivity contribution in [1.82, 2.24) is 0 Å². The second-order valence-corrected chi connectivity index (χ2v) is 5.32. The van der Waals surface area contributed by atoms with Crippen LogP contribution in [-0.2, 0) is 0 Å². The Labute approximate surface area is 117 Å². The van der Waals surface area contributed by atoms with Crippen molar-refractivity contribution in [3.63, 3.8) is 0 Å². The summed E-state index contributed by atoms with van der Waals surface area (Å²) in [6.45, 7) is 5.63. The Morgan fingerprint density at radius 2 is 1.40 bits per heavy atom. The SMILES string of the molecule is Cc1ccc(C(O)c2ccc(C(C)C)cc2)c(F)c1F. The number of hydrogen-bond acceptors (Lipinski definition) is 1. The van der Waals surface area contributed by atoms with E-state index >= 15 is 0 Å². The van der Waals surface area contributed by atoms with Crippen LogP contribution < -0.4 is 0 Å². The van der Waals surface area contributed by atoms with Gasteiger partial charge in [0.25, 0.3) is 0 Å². The maximum Gasteiger partial charge on any atom is 0.165 e. The van der Waals surface area contributed by atoms with Gasteiger partial charge in [-0.2, -0.15) is 0 Å². The minimum absolute atomic E-state index is 0.0367. The van der Waals surface area contributed by atoms with Gasteiger partial charge in [0.2, 0.25) is 0 Å². The van der Waals surface area contributed by atoms with Gasteiger partial charge in [0.1, 0.15) is 6.10 Å². The predicted octanol–water partition coefficient (Wildman–Crippen LogP) is 4.48. The van der Waals surface area contributed by atoms with Gasteiger partial charge in [-0.15, -0.1) is 0 Å². The molecule has 0 bridgehead atoms. The summed E-state index contributed by atoms with van der Waals surface area (Å²) in [6, 6.07) is 10.2. The van der Waals surface area contributed by atoms with E-state index in [1.807, 2.05) is 12.1 Å². The minimum Gasteiger partial charge on any atom is -0.384 e. The summed E-state index contributed by atoms with van der Waals surface area (Å²) in [7, 11) is 0. The molecular weight excluding hydrogens is 258 g/mol. The van der Waals surface area contributed by atoms with Crippen LogP contribution in [0.2, 0.25) is 0 Å². The Hall–Kier alpha value is -1.74. The second-order valence-electron chi connectivity index (χ2n) is 5.32. The van der Waals surface area contributed by atoms with E-state index in [1.165, 1.54) is 19.1 Å². The first-order valence-corrected chi connectivity index (χ1v) is 6.64. The average Bonchev–Trinajstić information content (AvgIpc) is 2.44. The fourth-order valence-electron chi connectivity index (χ4n) is 2.11. The smallest absolute Gasteiger partial charge is 0.165 e. The van der Waals surface area contributed by atoms with Crippen LogP contribution in [0.25, 0.3) is 0 Å². The van der Waals surface area contributed by atoms with E-state index in [0.29, 0.717) is 11.5 Å². The van der Waals surface area contributed by atoms with E-state index < -0.39 is 17.7 Å². The zero-order chi connectivity index (χ0) is 14.9. The molecule has 20 heavy (non-hydrogen) atoms. The first kappa shape index (κ1) is 14.7. The van der Waals surface area contributed by atoms with Crippen LogP contribution >= 0.6 is 0 Å². The molecule has 3 heteroatoms. The maximum atomic E-state index is 13.9. The molecule has 0 radical (unpaired) electrons. The molecule has 1 unspecified atom stereocenters. The molecule has 2 rings (SSSR count). The molecule has 0 aliphatic rings. The Kier molecular flexibility index (Phi) is 4.19. The number of benzene rings is 2. The third kappa shape index (κ3) is 2.73. The summed E-state index contributed by atoms with van der Waals surface area (Å²) in [4.78, 5) is 0. The molecule has 1 nitrogen and oxygen atoms in total. The van der Waals surface area contributed by atoms with Gasteiger partial charge in [0.15, 0.2) is 11.6 Å². The van der Waals surface area contributed by atoms with Crippen molar-refractivity contribution in [2.45, 2.75) is 32.8 Å². The van der Waals surface area contributed by atoms with E-state index in [0.717, 1.165) is 5.56 Å². The molecule has 0 amide bonds. The van der Waals surface area contributed by atoms with Gasteiger partial charge < -0.3 is 5.11 Å². The minimum atomic E-state index is -1.16. The molecule has 2 aromatic carbocycles. The maximum absolute atomic E-state index is 13.9. The van der Waals surface area contributed by atoms with Crippen molar-refractivity contribution in [3.05, 3.63) is 70.3 Å². The van der Waals surface area contributed by atoms with Crippen molar-refractivity contribution in [3.8, 4) is 0 Å². The molecule has 106 valence electrons. The monoisotopic (exact) mass is 276 g/mol. The number of aliphatic hydroxyl groups excluding tert-OH is 1. The summed E-state index contributed by atoms with van der Waals surface area (Å²) in [5.41, 5.74) is 1.88. The molecular formula is C17H18F2O. The van der Waals surface area contributed by atoms with Gasteiger partial charge in [-0.1, -0.05) is 50.2 Å². The van der Waals surface area contributed by atoms with Gasteiger partial charge in [-0.25, -0.2) is 8.78 Å². The molecule has 0 aromatic heterocycles. The van der Waals surface area contributed by atoms with Crippen molar-refractivity contribution in [1.29, 1.82) is 0 Å². The molecule has 1 N–H and O–H groups in total. The van der Waals surface area contributed by atoms with Crippen LogP contribution in [0, 0.1) is 18.6 Å². The summed E-state index contributed by atoms with van der Waals surface area (Å²) in [6.07, 6.45) is -1.16. The molecule has 2 aromatic rings. The summed E-state index contributed by atoms with van der Waals surface area (Å²) in [5.74, 6) is -1.50. The highest BCUT2D eigenvalue weighted by molar-refractivity contribution is 5.35. The third-order valence-electron chi connectivity index (χ3n) is 3.52. The highest BCUT2D eigenvalue weighted by Crippen LogP contribution is 2.28. The van der Waals surface area contributed by atoms with Gasteiger partial charge >= 0.3 is 0 Å². The van der Waals surface area contributed by atoms with E-state index in [2.05, 4.69) is 13.8 Å². The topological polar surface area (TPSA) is 20.2 Å². The lowest BCUT2D eigenvalue weighted by atomic mass is 9.96. The van der Waals surface area contributed by atoms with Crippen molar-refractivity contribution in [2.24, 2.45) is 0 Å². The third-order valence-corrected chi connectivity index (χ3v) is 3.52. The fraction of sp³-hybridized carbons (Fsp3) is 0.294. The fourth-order valence-corrected chi connectivity index (χ4v) is 2.11. The second kappa shape index (κ2) is 5.71. The molecule has 0 aliphatic carbocycles. The molecule has 0 saturated heterocycles. The van der Waals surface area contributed by atoms with Crippen LogP contribution in [0.15, 0.2) is 36.4 Å². The molecule has 0 aliphatic heterocycles. The largest absolute Gasteiger partial charge is 0.384 e. The summed E-state index contributed by atoms with van der Waals surface area (Å²) < 4.78 is 27.4.